The van der Waals surface area contributed by atoms with E-state index in [1.54, 1.807) is 31.2 Å². The molecular weight excluding hydrogens is 254 g/mol. The predicted molar refractivity (Wildman–Crippen MR) is 69.4 cm³/mol. The number of halogens is 1. The number of aromatic nitrogens is 2. The van der Waals surface area contributed by atoms with Crippen molar-refractivity contribution in [1.82, 2.24) is 10.2 Å². The van der Waals surface area contributed by atoms with Crippen molar-refractivity contribution in [1.29, 1.82) is 0 Å². The van der Waals surface area contributed by atoms with Crippen LogP contribution >= 0.6 is 11.6 Å². The molecule has 2 aromatic rings. The monoisotopic (exact) mass is 265 g/mol. The zero-order valence-corrected chi connectivity index (χ0v) is 10.5. The van der Waals surface area contributed by atoms with Crippen molar-refractivity contribution in [3.05, 3.63) is 35.0 Å². The first kappa shape index (κ1) is 12.4. The fourth-order valence-corrected chi connectivity index (χ4v) is 1.72. The molecule has 0 radical (unpaired) electrons. The van der Waals surface area contributed by atoms with Crippen molar-refractivity contribution in [3.8, 4) is 11.3 Å². The van der Waals surface area contributed by atoms with Gasteiger partial charge in [-0.25, -0.2) is 4.79 Å². The minimum absolute atomic E-state index is 0.293. The fraction of sp³-hybridized carbons (Fsp3) is 0.167. The van der Waals surface area contributed by atoms with E-state index < -0.39 is 5.97 Å². The van der Waals surface area contributed by atoms with Crippen LogP contribution in [-0.4, -0.2) is 22.8 Å². The molecule has 0 fully saturated rings. The average Bonchev–Trinajstić information content (AvgIpc) is 2.78. The van der Waals surface area contributed by atoms with Crippen LogP contribution in [0.4, 0.5) is 5.69 Å². The van der Waals surface area contributed by atoms with Gasteiger partial charge in [0.15, 0.2) is 0 Å². The summed E-state index contributed by atoms with van der Waals surface area (Å²) in [6, 6.07) is 6.70. The highest BCUT2D eigenvalue weighted by molar-refractivity contribution is 6.31. The van der Waals surface area contributed by atoms with Gasteiger partial charge in [0.05, 0.1) is 12.3 Å². The molecule has 0 saturated heterocycles. The summed E-state index contributed by atoms with van der Waals surface area (Å²) >= 11 is 5.82. The Labute approximate surface area is 109 Å². The van der Waals surface area contributed by atoms with E-state index in [9.17, 15) is 4.79 Å². The molecule has 0 aliphatic carbocycles. The van der Waals surface area contributed by atoms with Crippen molar-refractivity contribution in [3.63, 3.8) is 0 Å². The van der Waals surface area contributed by atoms with Gasteiger partial charge in [-0.1, -0.05) is 11.6 Å². The lowest BCUT2D eigenvalue weighted by molar-refractivity contribution is 0.0519. The molecule has 6 heteroatoms. The second-order valence-corrected chi connectivity index (χ2v) is 4.06. The second kappa shape index (κ2) is 5.10. The molecule has 0 bridgehead atoms. The molecule has 0 saturated carbocycles. The molecule has 1 aromatic carbocycles. The third-order valence-corrected chi connectivity index (χ3v) is 2.60. The lowest BCUT2D eigenvalue weighted by Crippen LogP contribution is -2.04. The number of rotatable bonds is 3. The highest BCUT2D eigenvalue weighted by Crippen LogP contribution is 2.27. The maximum absolute atomic E-state index is 11.5. The minimum atomic E-state index is -0.441. The van der Waals surface area contributed by atoms with Gasteiger partial charge in [-0.2, -0.15) is 5.10 Å². The SMILES string of the molecule is CCOC(=O)c1cc(-c2ccc(Cl)cc2N)n[nH]1. The Morgan fingerprint density at radius 2 is 2.28 bits per heavy atom. The number of nitrogen functional groups attached to an aromatic ring is 1. The van der Waals surface area contributed by atoms with Crippen LogP contribution in [0.25, 0.3) is 11.3 Å². The fourth-order valence-electron chi connectivity index (χ4n) is 1.54. The van der Waals surface area contributed by atoms with Crippen LogP contribution in [0.1, 0.15) is 17.4 Å². The van der Waals surface area contributed by atoms with Crippen LogP contribution in [0, 0.1) is 0 Å². The molecule has 0 unspecified atom stereocenters. The van der Waals surface area contributed by atoms with Crippen LogP contribution in [0.5, 0.6) is 0 Å². The first-order chi connectivity index (χ1) is 8.61. The predicted octanol–water partition coefficient (Wildman–Crippen LogP) is 2.49. The summed E-state index contributed by atoms with van der Waals surface area (Å²) in [5, 5.41) is 7.20. The number of carbonyl (C=O) groups excluding carboxylic acids is 1. The Morgan fingerprint density at radius 3 is 2.94 bits per heavy atom. The summed E-state index contributed by atoms with van der Waals surface area (Å²) in [6.07, 6.45) is 0. The van der Waals surface area contributed by atoms with E-state index in [1.807, 2.05) is 0 Å². The number of hydrogen-bond acceptors (Lipinski definition) is 4. The van der Waals surface area contributed by atoms with Crippen molar-refractivity contribution < 1.29 is 9.53 Å². The number of anilines is 1. The molecule has 94 valence electrons. The first-order valence-electron chi connectivity index (χ1n) is 5.39. The van der Waals surface area contributed by atoms with Crippen molar-refractivity contribution >= 4 is 23.3 Å². The van der Waals surface area contributed by atoms with Gasteiger partial charge in [0.1, 0.15) is 5.69 Å². The number of nitrogens with one attached hydrogen (secondary N) is 1. The summed E-state index contributed by atoms with van der Waals surface area (Å²) in [7, 11) is 0. The molecule has 3 N–H and O–H groups in total. The van der Waals surface area contributed by atoms with Crippen LogP contribution < -0.4 is 5.73 Å². The number of hydrogen-bond donors (Lipinski definition) is 2. The summed E-state index contributed by atoms with van der Waals surface area (Å²) in [4.78, 5) is 11.5. The molecule has 18 heavy (non-hydrogen) atoms. The summed E-state index contributed by atoms with van der Waals surface area (Å²) in [6.45, 7) is 2.06. The van der Waals surface area contributed by atoms with Gasteiger partial charge in [0.2, 0.25) is 0 Å². The summed E-state index contributed by atoms with van der Waals surface area (Å²) < 4.78 is 4.86. The number of carbonyl (C=O) groups is 1. The third-order valence-electron chi connectivity index (χ3n) is 2.36. The van der Waals surface area contributed by atoms with E-state index in [-0.39, 0.29) is 0 Å². The zero-order valence-electron chi connectivity index (χ0n) is 9.74. The number of nitrogens with zero attached hydrogens (tertiary/aromatic N) is 1. The van der Waals surface area contributed by atoms with Gasteiger partial charge < -0.3 is 10.5 Å². The van der Waals surface area contributed by atoms with E-state index in [1.165, 1.54) is 0 Å². The molecule has 0 aliphatic heterocycles. The van der Waals surface area contributed by atoms with E-state index in [0.29, 0.717) is 34.3 Å². The van der Waals surface area contributed by atoms with Crippen LogP contribution in [0.2, 0.25) is 5.02 Å². The van der Waals surface area contributed by atoms with Crippen molar-refractivity contribution in [2.75, 3.05) is 12.3 Å². The van der Waals surface area contributed by atoms with Crippen molar-refractivity contribution in [2.24, 2.45) is 0 Å². The number of aromatic amines is 1. The Morgan fingerprint density at radius 1 is 1.50 bits per heavy atom. The third kappa shape index (κ3) is 2.46. The second-order valence-electron chi connectivity index (χ2n) is 3.62. The molecule has 5 nitrogen and oxygen atoms in total. The molecule has 0 aliphatic rings. The van der Waals surface area contributed by atoms with Gasteiger partial charge in [0.25, 0.3) is 0 Å². The Hall–Kier alpha value is -2.01. The molecular formula is C12H12ClN3O2. The maximum Gasteiger partial charge on any atom is 0.356 e. The lowest BCUT2D eigenvalue weighted by Gasteiger charge is -2.01. The zero-order chi connectivity index (χ0) is 13.1. The topological polar surface area (TPSA) is 81.0 Å². The van der Waals surface area contributed by atoms with E-state index >= 15 is 0 Å². The number of ether oxygens (including phenoxy) is 1. The molecule has 1 heterocycles. The average molecular weight is 266 g/mol. The van der Waals surface area contributed by atoms with E-state index in [0.717, 1.165) is 0 Å². The Bertz CT molecular complexity index is 580. The summed E-state index contributed by atoms with van der Waals surface area (Å²) in [5.74, 6) is -0.441. The van der Waals surface area contributed by atoms with Crippen molar-refractivity contribution in [2.45, 2.75) is 6.92 Å². The van der Waals surface area contributed by atoms with Gasteiger partial charge in [-0.3, -0.25) is 5.10 Å². The van der Waals surface area contributed by atoms with Crippen LogP contribution in [0.15, 0.2) is 24.3 Å². The number of H-pyrrole nitrogens is 1. The van der Waals surface area contributed by atoms with Gasteiger partial charge in [-0.15, -0.1) is 0 Å². The Kier molecular flexibility index (Phi) is 3.53. The molecule has 2 rings (SSSR count). The van der Waals surface area contributed by atoms with E-state index in [2.05, 4.69) is 10.2 Å². The first-order valence-corrected chi connectivity index (χ1v) is 5.77. The van der Waals surface area contributed by atoms with Gasteiger partial charge >= 0.3 is 5.97 Å². The molecule has 0 spiro atoms. The summed E-state index contributed by atoms with van der Waals surface area (Å²) in [5.41, 5.74) is 7.93. The number of esters is 1. The molecule has 0 amide bonds. The highest BCUT2D eigenvalue weighted by Gasteiger charge is 2.13. The van der Waals surface area contributed by atoms with E-state index in [4.69, 9.17) is 22.1 Å². The maximum atomic E-state index is 11.5. The Balaban J connectivity index is 2.32. The van der Waals surface area contributed by atoms with Gasteiger partial charge in [-0.05, 0) is 31.2 Å². The smallest absolute Gasteiger partial charge is 0.356 e. The standard InChI is InChI=1S/C12H12ClN3O2/c1-2-18-12(17)11-6-10(15-16-11)8-4-3-7(13)5-9(8)14/h3-6H,2,14H2,1H3,(H,15,16). The van der Waals surface area contributed by atoms with Gasteiger partial charge in [0, 0.05) is 16.3 Å². The lowest BCUT2D eigenvalue weighted by atomic mass is 10.1. The highest BCUT2D eigenvalue weighted by atomic mass is 35.5. The van der Waals surface area contributed by atoms with Crippen LogP contribution in [-0.2, 0) is 4.74 Å². The normalized spacial score (nSPS) is 10.3. The molecule has 1 aromatic heterocycles. The minimum Gasteiger partial charge on any atom is -0.461 e. The molecule has 0 atom stereocenters. The number of benzene rings is 1. The largest absolute Gasteiger partial charge is 0.461 e. The number of nitrogens with two attached hydrogens (primary N) is 1. The van der Waals surface area contributed by atoms with Crippen LogP contribution in [0.3, 0.4) is 0 Å². The quantitative estimate of drug-likeness (QED) is 0.660.